The Bertz CT molecular complexity index is 877. The van der Waals surface area contributed by atoms with Gasteiger partial charge in [0.15, 0.2) is 11.6 Å². The first-order chi connectivity index (χ1) is 11.9. The number of esters is 1. The summed E-state index contributed by atoms with van der Waals surface area (Å²) in [6.45, 7) is 5.32. The third-order valence-electron chi connectivity index (χ3n) is 4.46. The summed E-state index contributed by atoms with van der Waals surface area (Å²) >= 11 is 0. The van der Waals surface area contributed by atoms with Gasteiger partial charge in [0.25, 0.3) is 0 Å². The Morgan fingerprint density at radius 3 is 2.32 bits per heavy atom. The SMILES string of the molecule is CCC(=O)c1cccc2c1Cc1c(OC(=O)C(C)C)cccc1C2=O. The molecule has 1 aliphatic rings. The molecular weight excluding hydrogens is 316 g/mol. The van der Waals surface area contributed by atoms with Crippen molar-refractivity contribution in [3.63, 3.8) is 0 Å². The minimum absolute atomic E-state index is 0.00440. The first-order valence-corrected chi connectivity index (χ1v) is 8.47. The van der Waals surface area contributed by atoms with Crippen molar-refractivity contribution in [2.75, 3.05) is 0 Å². The number of benzene rings is 2. The lowest BCUT2D eigenvalue weighted by molar-refractivity contribution is -0.137. The number of fused-ring (bicyclic) bond motifs is 2. The van der Waals surface area contributed by atoms with Gasteiger partial charge in [-0.2, -0.15) is 0 Å². The van der Waals surface area contributed by atoms with Crippen molar-refractivity contribution in [2.45, 2.75) is 33.6 Å². The molecule has 0 bridgehead atoms. The summed E-state index contributed by atoms with van der Waals surface area (Å²) in [7, 11) is 0. The minimum Gasteiger partial charge on any atom is -0.426 e. The van der Waals surface area contributed by atoms with Gasteiger partial charge < -0.3 is 4.74 Å². The van der Waals surface area contributed by atoms with Crippen molar-refractivity contribution in [3.8, 4) is 5.75 Å². The number of Topliss-reactive ketones (excluding diaryl/α,β-unsaturated/α-hetero) is 1. The van der Waals surface area contributed by atoms with E-state index in [1.54, 1.807) is 57.2 Å². The van der Waals surface area contributed by atoms with E-state index < -0.39 is 0 Å². The maximum Gasteiger partial charge on any atom is 0.313 e. The molecule has 0 unspecified atom stereocenters. The van der Waals surface area contributed by atoms with Crippen LogP contribution in [-0.4, -0.2) is 17.5 Å². The molecule has 0 amide bonds. The fourth-order valence-electron chi connectivity index (χ4n) is 3.05. The van der Waals surface area contributed by atoms with Crippen molar-refractivity contribution >= 4 is 17.5 Å². The van der Waals surface area contributed by atoms with E-state index in [9.17, 15) is 14.4 Å². The van der Waals surface area contributed by atoms with Gasteiger partial charge in [-0.25, -0.2) is 0 Å². The molecule has 0 saturated heterocycles. The Morgan fingerprint density at radius 2 is 1.68 bits per heavy atom. The van der Waals surface area contributed by atoms with E-state index in [2.05, 4.69) is 0 Å². The largest absolute Gasteiger partial charge is 0.426 e. The van der Waals surface area contributed by atoms with Crippen molar-refractivity contribution < 1.29 is 19.1 Å². The molecule has 25 heavy (non-hydrogen) atoms. The number of hydrogen-bond donors (Lipinski definition) is 0. The van der Waals surface area contributed by atoms with Crippen molar-refractivity contribution in [2.24, 2.45) is 5.92 Å². The Morgan fingerprint density at radius 1 is 1.04 bits per heavy atom. The van der Waals surface area contributed by atoms with E-state index in [4.69, 9.17) is 4.74 Å². The molecule has 0 heterocycles. The number of rotatable bonds is 4. The smallest absolute Gasteiger partial charge is 0.313 e. The predicted octanol–water partition coefficient (Wildman–Crippen LogP) is 3.98. The van der Waals surface area contributed by atoms with Gasteiger partial charge in [-0.3, -0.25) is 14.4 Å². The first kappa shape index (κ1) is 17.1. The van der Waals surface area contributed by atoms with Gasteiger partial charge in [0.05, 0.1) is 5.92 Å². The van der Waals surface area contributed by atoms with Crippen LogP contribution in [0.15, 0.2) is 36.4 Å². The fourth-order valence-corrected chi connectivity index (χ4v) is 3.05. The maximum absolute atomic E-state index is 12.9. The van der Waals surface area contributed by atoms with Crippen molar-refractivity contribution in [3.05, 3.63) is 64.2 Å². The molecule has 2 aromatic rings. The van der Waals surface area contributed by atoms with E-state index >= 15 is 0 Å². The molecule has 1 aliphatic carbocycles. The van der Waals surface area contributed by atoms with Crippen molar-refractivity contribution in [1.82, 2.24) is 0 Å². The summed E-state index contributed by atoms with van der Waals surface area (Å²) in [5.41, 5.74) is 3.05. The van der Waals surface area contributed by atoms with Gasteiger partial charge in [0.1, 0.15) is 5.75 Å². The number of carbonyl (C=O) groups is 3. The number of hydrogen-bond acceptors (Lipinski definition) is 4. The highest BCUT2D eigenvalue weighted by Crippen LogP contribution is 2.35. The van der Waals surface area contributed by atoms with Crippen LogP contribution in [0.4, 0.5) is 0 Å². The summed E-state index contributed by atoms with van der Waals surface area (Å²) in [6, 6.07) is 10.4. The molecule has 0 fully saturated rings. The van der Waals surface area contributed by atoms with Gasteiger partial charge >= 0.3 is 5.97 Å². The summed E-state index contributed by atoms with van der Waals surface area (Å²) < 4.78 is 5.49. The third kappa shape index (κ3) is 3.00. The van der Waals surface area contributed by atoms with Crippen LogP contribution in [0.1, 0.15) is 64.6 Å². The van der Waals surface area contributed by atoms with Crippen LogP contribution in [0.3, 0.4) is 0 Å². The molecule has 0 aliphatic heterocycles. The van der Waals surface area contributed by atoms with Gasteiger partial charge in [-0.15, -0.1) is 0 Å². The van der Waals surface area contributed by atoms with Crippen LogP contribution < -0.4 is 4.74 Å². The average molecular weight is 336 g/mol. The van der Waals surface area contributed by atoms with E-state index in [0.717, 1.165) is 5.56 Å². The molecule has 0 saturated carbocycles. The number of ether oxygens (including phenoxy) is 1. The van der Waals surface area contributed by atoms with E-state index in [1.165, 1.54) is 0 Å². The molecule has 128 valence electrons. The third-order valence-corrected chi connectivity index (χ3v) is 4.46. The second-order valence-corrected chi connectivity index (χ2v) is 6.47. The van der Waals surface area contributed by atoms with Crippen LogP contribution in [0, 0.1) is 5.92 Å². The summed E-state index contributed by atoms with van der Waals surface area (Å²) in [6.07, 6.45) is 0.779. The van der Waals surface area contributed by atoms with Crippen LogP contribution >= 0.6 is 0 Å². The predicted molar refractivity (Wildman–Crippen MR) is 94.2 cm³/mol. The Kier molecular flexibility index (Phi) is 4.53. The lowest BCUT2D eigenvalue weighted by Gasteiger charge is -2.23. The van der Waals surface area contributed by atoms with Crippen molar-refractivity contribution in [1.29, 1.82) is 0 Å². The highest BCUT2D eigenvalue weighted by molar-refractivity contribution is 6.14. The van der Waals surface area contributed by atoms with E-state index in [1.807, 2.05) is 0 Å². The van der Waals surface area contributed by atoms with Gasteiger partial charge in [-0.1, -0.05) is 51.1 Å². The summed E-state index contributed by atoms with van der Waals surface area (Å²) in [5.74, 6) is -0.340. The zero-order valence-corrected chi connectivity index (χ0v) is 14.6. The molecular formula is C21H20O4. The van der Waals surface area contributed by atoms with Crippen LogP contribution in [0.2, 0.25) is 0 Å². The van der Waals surface area contributed by atoms with Gasteiger partial charge in [0, 0.05) is 35.1 Å². The number of carbonyl (C=O) groups excluding carboxylic acids is 3. The summed E-state index contributed by atoms with van der Waals surface area (Å²) in [5, 5.41) is 0. The topological polar surface area (TPSA) is 60.4 Å². The average Bonchev–Trinajstić information content (AvgIpc) is 2.61. The lowest BCUT2D eigenvalue weighted by atomic mass is 9.81. The number of ketones is 2. The maximum atomic E-state index is 12.9. The normalized spacial score (nSPS) is 12.6. The molecule has 0 aromatic heterocycles. The van der Waals surface area contributed by atoms with E-state index in [0.29, 0.717) is 40.8 Å². The zero-order chi connectivity index (χ0) is 18.1. The molecule has 0 atom stereocenters. The molecule has 4 heteroatoms. The van der Waals surface area contributed by atoms with E-state index in [-0.39, 0.29) is 23.5 Å². The first-order valence-electron chi connectivity index (χ1n) is 8.47. The fraction of sp³-hybridized carbons (Fsp3) is 0.286. The Hall–Kier alpha value is -2.75. The highest BCUT2D eigenvalue weighted by atomic mass is 16.5. The molecule has 0 radical (unpaired) electrons. The lowest BCUT2D eigenvalue weighted by Crippen LogP contribution is -2.21. The Balaban J connectivity index is 2.11. The molecule has 0 spiro atoms. The zero-order valence-electron chi connectivity index (χ0n) is 14.6. The highest BCUT2D eigenvalue weighted by Gasteiger charge is 2.29. The van der Waals surface area contributed by atoms with Gasteiger partial charge in [0.2, 0.25) is 0 Å². The van der Waals surface area contributed by atoms with Gasteiger partial charge in [-0.05, 0) is 11.6 Å². The second kappa shape index (κ2) is 6.63. The Labute approximate surface area is 146 Å². The van der Waals surface area contributed by atoms with Crippen LogP contribution in [-0.2, 0) is 11.2 Å². The quantitative estimate of drug-likeness (QED) is 0.411. The molecule has 2 aromatic carbocycles. The molecule has 4 nitrogen and oxygen atoms in total. The van der Waals surface area contributed by atoms with Crippen LogP contribution in [0.25, 0.3) is 0 Å². The minimum atomic E-state index is -0.343. The molecule has 0 N–H and O–H groups in total. The molecule has 3 rings (SSSR count). The monoisotopic (exact) mass is 336 g/mol. The standard InChI is InChI=1S/C21H20O4/c1-4-18(22)13-7-5-8-14-16(13)11-17-15(20(14)23)9-6-10-19(17)25-21(24)12(2)3/h5-10,12H,4,11H2,1-3H3. The second-order valence-electron chi connectivity index (χ2n) is 6.47. The van der Waals surface area contributed by atoms with Crippen LogP contribution in [0.5, 0.6) is 5.75 Å². The summed E-state index contributed by atoms with van der Waals surface area (Å²) in [4.78, 5) is 37.1.